The Morgan fingerprint density at radius 1 is 1.50 bits per heavy atom. The maximum absolute atomic E-state index is 8.97. The molecule has 6 heteroatoms. The summed E-state index contributed by atoms with van der Waals surface area (Å²) in [5, 5.41) is 20.3. The first-order chi connectivity index (χ1) is 7.76. The largest absolute Gasteiger partial charge is 0.409 e. The quantitative estimate of drug-likeness (QED) is 0.190. The molecule has 1 heterocycles. The second-order valence-corrected chi connectivity index (χ2v) is 4.02. The van der Waals surface area contributed by atoms with E-state index in [1.165, 1.54) is 0 Å². The lowest BCUT2D eigenvalue weighted by molar-refractivity contribution is -0.0528. The van der Waals surface area contributed by atoms with Crippen molar-refractivity contribution < 1.29 is 15.1 Å². The summed E-state index contributed by atoms with van der Waals surface area (Å²) in [6.07, 6.45) is 2.51. The molecule has 1 unspecified atom stereocenters. The summed E-state index contributed by atoms with van der Waals surface area (Å²) in [6.45, 7) is 3.45. The van der Waals surface area contributed by atoms with E-state index in [1.54, 1.807) is 0 Å². The molecule has 0 saturated carbocycles. The summed E-state index contributed by atoms with van der Waals surface area (Å²) in [4.78, 5) is 2.27. The molecule has 6 nitrogen and oxygen atoms in total. The molecule has 16 heavy (non-hydrogen) atoms. The first kappa shape index (κ1) is 13.2. The van der Waals surface area contributed by atoms with Gasteiger partial charge in [0.25, 0.3) is 0 Å². The maximum atomic E-state index is 8.97. The van der Waals surface area contributed by atoms with Gasteiger partial charge in [0, 0.05) is 19.5 Å². The van der Waals surface area contributed by atoms with Crippen molar-refractivity contribution in [1.82, 2.24) is 4.90 Å². The summed E-state index contributed by atoms with van der Waals surface area (Å²) < 4.78 is 5.36. The molecule has 0 spiro atoms. The molecule has 1 aliphatic heterocycles. The molecule has 94 valence electrons. The molecule has 0 aliphatic carbocycles. The third kappa shape index (κ3) is 4.78. The van der Waals surface area contributed by atoms with Gasteiger partial charge in [-0.1, -0.05) is 5.16 Å². The number of nitrogens with zero attached hydrogens (tertiary/aromatic N) is 2. The molecule has 0 radical (unpaired) electrons. The molecular formula is C10H21N3O3. The average molecular weight is 231 g/mol. The Labute approximate surface area is 95.7 Å². The lowest BCUT2D eigenvalue weighted by Crippen LogP contribution is -2.44. The third-order valence-corrected chi connectivity index (χ3v) is 2.71. The Balaban J connectivity index is 2.08. The normalized spacial score (nSPS) is 23.6. The standard InChI is InChI=1S/C10H21N3O3/c11-10(12-15)3-1-2-4-13-5-6-16-9(7-13)8-14/h9,14-15H,1-8H2,(H2,11,12). The van der Waals surface area contributed by atoms with Crippen molar-refractivity contribution in [3.05, 3.63) is 0 Å². The van der Waals surface area contributed by atoms with Crippen molar-refractivity contribution in [2.24, 2.45) is 10.9 Å². The molecule has 0 bridgehead atoms. The predicted octanol–water partition coefficient (Wildman–Crippen LogP) is -0.404. The van der Waals surface area contributed by atoms with Gasteiger partial charge in [0.15, 0.2) is 0 Å². The molecule has 1 atom stereocenters. The van der Waals surface area contributed by atoms with Gasteiger partial charge in [-0.15, -0.1) is 0 Å². The van der Waals surface area contributed by atoms with E-state index in [9.17, 15) is 0 Å². The summed E-state index contributed by atoms with van der Waals surface area (Å²) >= 11 is 0. The maximum Gasteiger partial charge on any atom is 0.139 e. The van der Waals surface area contributed by atoms with Crippen LogP contribution in [0, 0.1) is 0 Å². The van der Waals surface area contributed by atoms with E-state index in [0.717, 1.165) is 32.5 Å². The monoisotopic (exact) mass is 231 g/mol. The van der Waals surface area contributed by atoms with Gasteiger partial charge in [-0.2, -0.15) is 0 Å². The second kappa shape index (κ2) is 7.43. The number of amidine groups is 1. The van der Waals surface area contributed by atoms with Crippen LogP contribution in [0.2, 0.25) is 0 Å². The van der Waals surface area contributed by atoms with Crippen molar-refractivity contribution in [1.29, 1.82) is 0 Å². The van der Waals surface area contributed by atoms with E-state index in [2.05, 4.69) is 10.1 Å². The SMILES string of the molecule is NC(CCCCN1CCOC(CO)C1)=NO. The highest BCUT2D eigenvalue weighted by Gasteiger charge is 2.18. The molecule has 0 aromatic heterocycles. The Hall–Kier alpha value is -0.850. The van der Waals surface area contributed by atoms with Gasteiger partial charge in [-0.3, -0.25) is 4.90 Å². The third-order valence-electron chi connectivity index (χ3n) is 2.71. The fourth-order valence-electron chi connectivity index (χ4n) is 1.79. The molecular weight excluding hydrogens is 210 g/mol. The van der Waals surface area contributed by atoms with Crippen molar-refractivity contribution in [2.45, 2.75) is 25.4 Å². The molecule has 0 amide bonds. The predicted molar refractivity (Wildman–Crippen MR) is 60.5 cm³/mol. The Bertz CT molecular complexity index is 223. The van der Waals surface area contributed by atoms with Gasteiger partial charge in [-0.25, -0.2) is 0 Å². The van der Waals surface area contributed by atoms with E-state index in [4.69, 9.17) is 20.8 Å². The zero-order valence-electron chi connectivity index (χ0n) is 9.51. The number of nitrogens with two attached hydrogens (primary N) is 1. The fourth-order valence-corrected chi connectivity index (χ4v) is 1.79. The summed E-state index contributed by atoms with van der Waals surface area (Å²) in [6, 6.07) is 0. The zero-order valence-corrected chi connectivity index (χ0v) is 9.51. The number of aliphatic hydroxyl groups excluding tert-OH is 1. The van der Waals surface area contributed by atoms with E-state index in [0.29, 0.717) is 13.0 Å². The van der Waals surface area contributed by atoms with Gasteiger partial charge < -0.3 is 20.8 Å². The van der Waals surface area contributed by atoms with Crippen LogP contribution < -0.4 is 5.73 Å². The molecule has 1 aliphatic rings. The van der Waals surface area contributed by atoms with Crippen LogP contribution in [0.25, 0.3) is 0 Å². The highest BCUT2D eigenvalue weighted by molar-refractivity contribution is 5.79. The van der Waals surface area contributed by atoms with Gasteiger partial charge >= 0.3 is 0 Å². The van der Waals surface area contributed by atoms with Crippen molar-refractivity contribution >= 4 is 5.84 Å². The van der Waals surface area contributed by atoms with Crippen LogP contribution in [0.4, 0.5) is 0 Å². The van der Waals surface area contributed by atoms with Crippen LogP contribution >= 0.6 is 0 Å². The lowest BCUT2D eigenvalue weighted by Gasteiger charge is -2.31. The van der Waals surface area contributed by atoms with Gasteiger partial charge in [0.05, 0.1) is 19.3 Å². The number of rotatable bonds is 6. The molecule has 1 rings (SSSR count). The average Bonchev–Trinajstić information content (AvgIpc) is 2.34. The van der Waals surface area contributed by atoms with E-state index < -0.39 is 0 Å². The number of ether oxygens (including phenoxy) is 1. The Morgan fingerprint density at radius 3 is 3.00 bits per heavy atom. The number of hydrogen-bond acceptors (Lipinski definition) is 5. The Morgan fingerprint density at radius 2 is 2.31 bits per heavy atom. The van der Waals surface area contributed by atoms with Crippen LogP contribution in [0.1, 0.15) is 19.3 Å². The van der Waals surface area contributed by atoms with Crippen LogP contribution in [0.3, 0.4) is 0 Å². The first-order valence-corrected chi connectivity index (χ1v) is 5.67. The minimum atomic E-state index is -0.0437. The highest BCUT2D eigenvalue weighted by atomic mass is 16.5. The number of aliphatic hydroxyl groups is 1. The summed E-state index contributed by atoms with van der Waals surface area (Å²) in [7, 11) is 0. The molecule has 0 aromatic carbocycles. The number of unbranched alkanes of at least 4 members (excludes halogenated alkanes) is 1. The van der Waals surface area contributed by atoms with Crippen LogP contribution in [-0.4, -0.2) is 60.0 Å². The summed E-state index contributed by atoms with van der Waals surface area (Å²) in [5.74, 6) is 0.287. The molecule has 0 aromatic rings. The number of oxime groups is 1. The zero-order chi connectivity index (χ0) is 11.8. The van der Waals surface area contributed by atoms with Crippen molar-refractivity contribution in [2.75, 3.05) is 32.8 Å². The fraction of sp³-hybridized carbons (Fsp3) is 0.900. The van der Waals surface area contributed by atoms with Crippen LogP contribution in [-0.2, 0) is 4.74 Å². The van der Waals surface area contributed by atoms with Crippen LogP contribution in [0.5, 0.6) is 0 Å². The Kier molecular flexibility index (Phi) is 6.14. The van der Waals surface area contributed by atoms with Crippen molar-refractivity contribution in [3.8, 4) is 0 Å². The minimum Gasteiger partial charge on any atom is -0.409 e. The minimum absolute atomic E-state index is 0.0437. The second-order valence-electron chi connectivity index (χ2n) is 4.02. The first-order valence-electron chi connectivity index (χ1n) is 5.67. The number of morpholine rings is 1. The smallest absolute Gasteiger partial charge is 0.139 e. The number of hydrogen-bond donors (Lipinski definition) is 3. The van der Waals surface area contributed by atoms with E-state index >= 15 is 0 Å². The molecule has 4 N–H and O–H groups in total. The molecule has 1 saturated heterocycles. The van der Waals surface area contributed by atoms with E-state index in [1.807, 2.05) is 0 Å². The van der Waals surface area contributed by atoms with Crippen molar-refractivity contribution in [3.63, 3.8) is 0 Å². The van der Waals surface area contributed by atoms with Gasteiger partial charge in [0.2, 0.25) is 0 Å². The van der Waals surface area contributed by atoms with Gasteiger partial charge in [0.1, 0.15) is 5.84 Å². The lowest BCUT2D eigenvalue weighted by atomic mass is 10.2. The summed E-state index contributed by atoms with van der Waals surface area (Å²) in [5.41, 5.74) is 5.37. The van der Waals surface area contributed by atoms with E-state index in [-0.39, 0.29) is 18.5 Å². The van der Waals surface area contributed by atoms with Crippen LogP contribution in [0.15, 0.2) is 5.16 Å². The highest BCUT2D eigenvalue weighted by Crippen LogP contribution is 2.06. The topological polar surface area (TPSA) is 91.3 Å². The molecule has 1 fully saturated rings. The van der Waals surface area contributed by atoms with Gasteiger partial charge in [-0.05, 0) is 19.4 Å².